The van der Waals surface area contributed by atoms with E-state index >= 15 is 0 Å². The van der Waals surface area contributed by atoms with Gasteiger partial charge in [-0.1, -0.05) is 189 Å². The molecule has 1 N–H and O–H groups in total. The molecular formula is C57H143NO9. The highest BCUT2D eigenvalue weighted by Crippen LogP contribution is 2.03. The number of allylic oxidation sites excluding steroid dienone is 1. The van der Waals surface area contributed by atoms with Crippen molar-refractivity contribution in [2.45, 2.75) is 258 Å². The Morgan fingerprint density at radius 1 is 0.478 bits per heavy atom. The number of rotatable bonds is 12. The molecule has 0 bridgehead atoms. The molecule has 0 saturated carbocycles. The van der Waals surface area contributed by atoms with E-state index in [9.17, 15) is 24.0 Å². The van der Waals surface area contributed by atoms with Gasteiger partial charge < -0.3 is 29.1 Å². The van der Waals surface area contributed by atoms with E-state index in [-0.39, 0.29) is 103 Å². The van der Waals surface area contributed by atoms with Gasteiger partial charge in [0.15, 0.2) is 0 Å². The lowest BCUT2D eigenvalue weighted by Gasteiger charge is -2.11. The second-order valence-corrected chi connectivity index (χ2v) is 15.3. The lowest BCUT2D eigenvalue weighted by atomic mass is 10.0. The van der Waals surface area contributed by atoms with Gasteiger partial charge in [0.05, 0.1) is 19.1 Å². The summed E-state index contributed by atoms with van der Waals surface area (Å²) in [6, 6.07) is 0. The number of carbonyl (C=O) groups excluding carboxylic acids is 5. The molecular weight excluding hydrogens is 843 g/mol. The fourth-order valence-corrected chi connectivity index (χ4v) is 1.58. The summed E-state index contributed by atoms with van der Waals surface area (Å²) in [5, 5.41) is 2.39. The molecule has 10 heteroatoms. The maximum Gasteiger partial charge on any atom is 0.302 e. The number of esters is 1. The predicted molar refractivity (Wildman–Crippen MR) is 316 cm³/mol. The van der Waals surface area contributed by atoms with E-state index in [0.29, 0.717) is 17.9 Å². The SMILES string of the molecule is C.C.C.C.C.C.C.C.C.C.C=C(C)C.CC(=O)C(C)C(C)=O.CC(C)=O.CCC(C)C.CCC(C)CC.CCC(C)COC.CNC(C)=O.COC(C)=O.COC(C)C(C)C.COCC(C)C. The second-order valence-electron chi connectivity index (χ2n) is 15.3. The Hall–Kier alpha value is -2.43. The first-order valence-electron chi connectivity index (χ1n) is 20.7. The van der Waals surface area contributed by atoms with Crippen LogP contribution in [0.3, 0.4) is 0 Å². The lowest BCUT2D eigenvalue weighted by molar-refractivity contribution is -0.138. The van der Waals surface area contributed by atoms with Gasteiger partial charge in [-0.05, 0) is 85.0 Å². The Morgan fingerprint density at radius 2 is 0.701 bits per heavy atom. The van der Waals surface area contributed by atoms with Gasteiger partial charge in [0.2, 0.25) is 5.91 Å². The van der Waals surface area contributed by atoms with E-state index in [1.54, 1.807) is 35.3 Å². The number of ether oxygens (including phenoxy) is 4. The Bertz CT molecular complexity index is 791. The summed E-state index contributed by atoms with van der Waals surface area (Å²) in [6.07, 6.45) is 5.58. The summed E-state index contributed by atoms with van der Waals surface area (Å²) in [6.45, 7) is 48.0. The Labute approximate surface area is 430 Å². The zero-order valence-electron chi connectivity index (χ0n) is 43.2. The normalized spacial score (nSPS) is 8.48. The molecule has 430 valence electrons. The largest absolute Gasteiger partial charge is 0.469 e. The van der Waals surface area contributed by atoms with Crippen LogP contribution in [0.15, 0.2) is 12.2 Å². The van der Waals surface area contributed by atoms with Crippen molar-refractivity contribution >= 4 is 29.2 Å². The number of methoxy groups -OCH3 is 4. The highest BCUT2D eigenvalue weighted by molar-refractivity contribution is 5.99. The van der Waals surface area contributed by atoms with Crippen molar-refractivity contribution in [3.63, 3.8) is 0 Å². The summed E-state index contributed by atoms with van der Waals surface area (Å²) in [5.74, 6) is 3.27. The van der Waals surface area contributed by atoms with Crippen molar-refractivity contribution in [3.05, 3.63) is 12.2 Å². The van der Waals surface area contributed by atoms with Crippen molar-refractivity contribution in [1.82, 2.24) is 5.32 Å². The van der Waals surface area contributed by atoms with Crippen LogP contribution in [0.1, 0.15) is 252 Å². The van der Waals surface area contributed by atoms with Crippen LogP contribution < -0.4 is 5.32 Å². The molecule has 0 saturated heterocycles. The van der Waals surface area contributed by atoms with Crippen molar-refractivity contribution in [1.29, 1.82) is 0 Å². The van der Waals surface area contributed by atoms with Crippen LogP contribution in [0.4, 0.5) is 0 Å². The number of hydrogen-bond acceptors (Lipinski definition) is 9. The average molecular weight is 987 g/mol. The Kier molecular flexibility index (Phi) is 216. The van der Waals surface area contributed by atoms with E-state index in [1.165, 1.54) is 79.9 Å². The zero-order valence-corrected chi connectivity index (χ0v) is 43.2. The molecule has 2 unspecified atom stereocenters. The third-order valence-corrected chi connectivity index (χ3v) is 7.03. The first kappa shape index (κ1) is 131. The van der Waals surface area contributed by atoms with Gasteiger partial charge in [0.1, 0.15) is 17.3 Å². The highest BCUT2D eigenvalue weighted by Gasteiger charge is 2.11. The molecule has 2 atom stereocenters. The molecule has 10 nitrogen and oxygen atoms in total. The fourth-order valence-electron chi connectivity index (χ4n) is 1.58. The van der Waals surface area contributed by atoms with Gasteiger partial charge in [-0.2, -0.15) is 0 Å². The van der Waals surface area contributed by atoms with E-state index in [0.717, 1.165) is 31.0 Å². The molecule has 0 heterocycles. The standard InChI is InChI=1S/C6H10O2.2C6H14O.C6H14.C5H12O.C5H12.C4H8.C3H7NO.C3H6O2.C3H6O.10CH4/c1-4(5(2)7)6(3)8;1-5(2)6(3)7-4;1-4-6(2)5-7-3;1-4-6(3)5-2;1-5(2)4-6-3;1-4-5(2)3;1-4(2)3;1-3(5)4-2;1-3(4)5-2;1-3(2)4;;;;;;;;;;/h4H,1-3H3;5-6H,1-4H3;6H,4-5H2,1-3H3;6H,4-5H2,1-3H3;5H,4H2,1-3H3;5H,4H2,1-3H3;1H2,2-3H3;1-2H3,(H,4,5);1-2H3;1-2H3;10*1H4. The molecule has 0 fully saturated rings. The molecule has 0 aromatic heterocycles. The molecule has 0 rings (SSSR count). The van der Waals surface area contributed by atoms with E-state index < -0.39 is 5.92 Å². The van der Waals surface area contributed by atoms with Crippen molar-refractivity contribution in [2.24, 2.45) is 35.5 Å². The van der Waals surface area contributed by atoms with Crippen LogP contribution in [0.25, 0.3) is 0 Å². The summed E-state index contributed by atoms with van der Waals surface area (Å²) in [5.41, 5.74) is 1.17. The molecule has 0 aliphatic carbocycles. The van der Waals surface area contributed by atoms with Crippen LogP contribution in [-0.4, -0.2) is 84.0 Å². The second kappa shape index (κ2) is 110. The number of Topliss-reactive ketones (excluding diaryl/α,β-unsaturated/α-hetero) is 3. The maximum absolute atomic E-state index is 10.4. The first-order valence-corrected chi connectivity index (χ1v) is 20.7. The quantitative estimate of drug-likeness (QED) is 0.115. The Balaban J connectivity index is -0.0000000201. The molecule has 67 heavy (non-hydrogen) atoms. The Morgan fingerprint density at radius 3 is 0.716 bits per heavy atom. The first-order chi connectivity index (χ1) is 25.9. The van der Waals surface area contributed by atoms with Gasteiger partial charge in [-0.25, -0.2) is 0 Å². The van der Waals surface area contributed by atoms with E-state index in [1.807, 2.05) is 13.8 Å². The number of nitrogens with one attached hydrogen (secondary N) is 1. The van der Waals surface area contributed by atoms with Crippen LogP contribution in [0, 0.1) is 35.5 Å². The summed E-state index contributed by atoms with van der Waals surface area (Å²) < 4.78 is 18.8. The van der Waals surface area contributed by atoms with Crippen LogP contribution in [-0.2, 0) is 42.9 Å². The highest BCUT2D eigenvalue weighted by atomic mass is 16.5. The average Bonchev–Trinajstić information content (AvgIpc) is 3.11. The minimum Gasteiger partial charge on any atom is -0.469 e. The smallest absolute Gasteiger partial charge is 0.302 e. The minimum absolute atomic E-state index is 0. The monoisotopic (exact) mass is 986 g/mol. The number of ketones is 3. The molecule has 0 aromatic carbocycles. The summed E-state index contributed by atoms with van der Waals surface area (Å²) in [7, 11) is 8.15. The third-order valence-electron chi connectivity index (χ3n) is 7.03. The van der Waals surface area contributed by atoms with Crippen molar-refractivity contribution in [3.8, 4) is 0 Å². The van der Waals surface area contributed by atoms with Crippen LogP contribution >= 0.6 is 0 Å². The molecule has 0 spiro atoms. The summed E-state index contributed by atoms with van der Waals surface area (Å²) >= 11 is 0. The van der Waals surface area contributed by atoms with E-state index in [4.69, 9.17) is 14.2 Å². The summed E-state index contributed by atoms with van der Waals surface area (Å²) in [4.78, 5) is 49.5. The van der Waals surface area contributed by atoms with Gasteiger partial charge in [0.25, 0.3) is 0 Å². The van der Waals surface area contributed by atoms with E-state index in [2.05, 4.69) is 107 Å². The molecule has 0 aliphatic rings. The third kappa shape index (κ3) is 276. The van der Waals surface area contributed by atoms with Gasteiger partial charge in [0, 0.05) is 55.4 Å². The molecule has 1 amide bonds. The topological polar surface area (TPSA) is 134 Å². The van der Waals surface area contributed by atoms with Gasteiger partial charge in [-0.15, -0.1) is 6.58 Å². The zero-order chi connectivity index (χ0) is 48.3. The molecule has 0 aliphatic heterocycles. The fraction of sp³-hybridized carbons (Fsp3) is 0.877. The number of hydrogen-bond donors (Lipinski definition) is 1. The maximum atomic E-state index is 10.4. The predicted octanol–water partition coefficient (Wildman–Crippen LogP) is 18.4. The van der Waals surface area contributed by atoms with Gasteiger partial charge >= 0.3 is 5.97 Å². The van der Waals surface area contributed by atoms with Crippen LogP contribution in [0.2, 0.25) is 0 Å². The van der Waals surface area contributed by atoms with Gasteiger partial charge in [-0.3, -0.25) is 19.2 Å². The van der Waals surface area contributed by atoms with Crippen molar-refractivity contribution in [2.75, 3.05) is 48.7 Å². The number of carbonyl (C=O) groups is 5. The van der Waals surface area contributed by atoms with Crippen molar-refractivity contribution < 1.29 is 42.9 Å². The lowest BCUT2D eigenvalue weighted by Crippen LogP contribution is -2.14. The number of amides is 1. The molecule has 0 radical (unpaired) electrons. The minimum atomic E-state index is -0.407. The molecule has 0 aromatic rings. The van der Waals surface area contributed by atoms with Crippen LogP contribution in [0.5, 0.6) is 0 Å².